The van der Waals surface area contributed by atoms with Crippen molar-refractivity contribution in [2.24, 2.45) is 5.41 Å². The predicted octanol–water partition coefficient (Wildman–Crippen LogP) is -4.01. The zero-order chi connectivity index (χ0) is 12.9. The third kappa shape index (κ3) is 3.00. The van der Waals surface area contributed by atoms with Gasteiger partial charge in [-0.3, -0.25) is 0 Å². The van der Waals surface area contributed by atoms with Gasteiger partial charge in [0, 0.05) is 0 Å². The quantitative estimate of drug-likeness (QED) is 0.439. The van der Waals surface area contributed by atoms with Gasteiger partial charge in [0.25, 0.3) is 0 Å². The van der Waals surface area contributed by atoms with E-state index in [-0.39, 0.29) is 37.2 Å². The molecular formula is C17H21Cl3Ti. The van der Waals surface area contributed by atoms with Crippen molar-refractivity contribution in [2.45, 2.75) is 52.9 Å². The molecule has 3 aliphatic rings. The molecule has 3 rings (SSSR count). The molecule has 0 saturated carbocycles. The van der Waals surface area contributed by atoms with Crippen LogP contribution < -0.4 is 37.2 Å². The fraction of sp³-hybridized carbons (Fsp3) is 0.529. The van der Waals surface area contributed by atoms with Crippen LogP contribution in [0.3, 0.4) is 0 Å². The second-order valence-corrected chi connectivity index (χ2v) is 6.93. The van der Waals surface area contributed by atoms with Crippen LogP contribution in [0.1, 0.15) is 52.9 Å². The van der Waals surface area contributed by atoms with E-state index in [1.807, 2.05) is 0 Å². The molecule has 0 saturated heterocycles. The van der Waals surface area contributed by atoms with Gasteiger partial charge in [-0.25, -0.2) is 0 Å². The normalized spacial score (nSPS) is 25.6. The van der Waals surface area contributed by atoms with Gasteiger partial charge >= 0.3 is 123 Å². The Kier molecular flexibility index (Phi) is 8.09. The number of hydrogen-bond donors (Lipinski definition) is 0. The molecule has 0 amide bonds. The Labute approximate surface area is 159 Å². The minimum Gasteiger partial charge on any atom is -1.00 e. The van der Waals surface area contributed by atoms with E-state index in [1.54, 1.807) is 26.2 Å². The minimum absolute atomic E-state index is 0. The number of hydrogen-bond acceptors (Lipinski definition) is 0. The Bertz CT molecular complexity index is 540. The first-order chi connectivity index (χ1) is 8.62. The summed E-state index contributed by atoms with van der Waals surface area (Å²) in [5.74, 6) is 0. The van der Waals surface area contributed by atoms with Crippen LogP contribution in [-0.4, -0.2) is 0 Å². The van der Waals surface area contributed by atoms with E-state index in [9.17, 15) is 0 Å². The number of allylic oxidation sites excluding steroid dienone is 8. The zero-order valence-electron chi connectivity index (χ0n) is 12.8. The molecule has 0 nitrogen and oxygen atoms in total. The summed E-state index contributed by atoms with van der Waals surface area (Å²) in [7, 11) is 0. The average Bonchev–Trinajstić information content (AvgIpc) is 2.75. The van der Waals surface area contributed by atoms with Crippen molar-refractivity contribution in [3.63, 3.8) is 0 Å². The monoisotopic (exact) mass is 378 g/mol. The second kappa shape index (κ2) is 7.89. The van der Waals surface area contributed by atoms with Crippen LogP contribution in [0.2, 0.25) is 0 Å². The Hall–Kier alpha value is 0.544. The number of fused-ring (bicyclic) bond motifs is 4. The van der Waals surface area contributed by atoms with E-state index < -0.39 is 0 Å². The van der Waals surface area contributed by atoms with Crippen molar-refractivity contribution in [1.82, 2.24) is 0 Å². The third-order valence-electron chi connectivity index (χ3n) is 4.93. The summed E-state index contributed by atoms with van der Waals surface area (Å²) in [6.45, 7) is 6.97. The summed E-state index contributed by atoms with van der Waals surface area (Å²) >= 11 is 2.35. The third-order valence-corrected chi connectivity index (χ3v) is 5.59. The van der Waals surface area contributed by atoms with Crippen molar-refractivity contribution in [2.75, 3.05) is 0 Å². The van der Waals surface area contributed by atoms with Crippen molar-refractivity contribution in [1.29, 1.82) is 0 Å². The fourth-order valence-corrected chi connectivity index (χ4v) is 5.23. The molecule has 2 bridgehead atoms. The van der Waals surface area contributed by atoms with Crippen LogP contribution in [0.5, 0.6) is 0 Å². The van der Waals surface area contributed by atoms with Crippen LogP contribution >= 0.6 is 0 Å². The van der Waals surface area contributed by atoms with Crippen LogP contribution in [0.25, 0.3) is 0 Å². The standard InChI is InChI=1S/C17H21.3ClH.Ti/c1-4-5-10-17-11-6-7-12(2)16(17)14-8-9-15(17)13(14)3;;;;/h6-7H,4-5,8,10-11H2,1-3H3;3*1H;/q;;;;+3/p-3. The van der Waals surface area contributed by atoms with Crippen LogP contribution in [0.15, 0.2) is 43.9 Å². The van der Waals surface area contributed by atoms with E-state index in [0.29, 0.717) is 5.41 Å². The molecule has 0 heterocycles. The maximum atomic E-state index is 2.41. The largest absolute Gasteiger partial charge is 1.00 e. The molecule has 4 heteroatoms. The maximum Gasteiger partial charge on any atom is -1.00 e. The van der Waals surface area contributed by atoms with E-state index in [0.717, 1.165) is 0 Å². The summed E-state index contributed by atoms with van der Waals surface area (Å²) in [6.07, 6.45) is 11.2. The summed E-state index contributed by atoms with van der Waals surface area (Å²) in [5.41, 5.74) is 8.59. The molecular weight excluding hydrogens is 358 g/mol. The Morgan fingerprint density at radius 1 is 1.14 bits per heavy atom. The van der Waals surface area contributed by atoms with Gasteiger partial charge in [-0.2, -0.15) is 0 Å². The number of rotatable bonds is 3. The van der Waals surface area contributed by atoms with Gasteiger partial charge in [0.05, 0.1) is 0 Å². The van der Waals surface area contributed by atoms with Crippen LogP contribution in [0, 0.1) is 5.41 Å². The van der Waals surface area contributed by atoms with Gasteiger partial charge in [0.1, 0.15) is 0 Å². The van der Waals surface area contributed by atoms with Crippen molar-refractivity contribution in [3.05, 3.63) is 43.9 Å². The molecule has 114 valence electrons. The van der Waals surface area contributed by atoms with Crippen molar-refractivity contribution < 1.29 is 57.7 Å². The zero-order valence-corrected chi connectivity index (χ0v) is 16.7. The molecule has 0 aromatic rings. The average molecular weight is 380 g/mol. The number of halogens is 3. The summed E-state index contributed by atoms with van der Waals surface area (Å²) in [5, 5.41) is 0. The summed E-state index contributed by atoms with van der Waals surface area (Å²) in [6, 6.07) is 0. The fourth-order valence-electron chi connectivity index (χ4n) is 4.28. The van der Waals surface area contributed by atoms with Crippen molar-refractivity contribution in [3.8, 4) is 0 Å². The molecule has 0 fully saturated rings. The first-order valence-electron chi connectivity index (χ1n) is 7.15. The Morgan fingerprint density at radius 3 is 2.43 bits per heavy atom. The molecule has 0 aromatic carbocycles. The van der Waals surface area contributed by atoms with Gasteiger partial charge in [-0.15, -0.1) is 0 Å². The van der Waals surface area contributed by atoms with Crippen LogP contribution in [-0.2, 0) is 20.4 Å². The molecule has 21 heavy (non-hydrogen) atoms. The van der Waals surface area contributed by atoms with Gasteiger partial charge in [-0.05, 0) is 0 Å². The second-order valence-electron chi connectivity index (χ2n) is 5.98. The van der Waals surface area contributed by atoms with E-state index in [1.165, 1.54) is 37.7 Å². The Balaban J connectivity index is 0.00000133. The summed E-state index contributed by atoms with van der Waals surface area (Å²) < 4.78 is 1.64. The molecule has 0 aliphatic heterocycles. The van der Waals surface area contributed by atoms with Gasteiger partial charge in [0.2, 0.25) is 0 Å². The first-order valence-corrected chi connectivity index (χ1v) is 7.93. The van der Waals surface area contributed by atoms with Crippen molar-refractivity contribution >= 4 is 0 Å². The molecule has 3 aliphatic carbocycles. The first kappa shape index (κ1) is 21.5. The minimum atomic E-state index is 0. The summed E-state index contributed by atoms with van der Waals surface area (Å²) in [4.78, 5) is 0. The maximum absolute atomic E-state index is 2.41. The predicted molar refractivity (Wildman–Crippen MR) is 72.8 cm³/mol. The van der Waals surface area contributed by atoms with E-state index >= 15 is 0 Å². The van der Waals surface area contributed by atoms with E-state index in [2.05, 4.69) is 53.4 Å². The van der Waals surface area contributed by atoms with E-state index in [4.69, 9.17) is 0 Å². The topological polar surface area (TPSA) is 0 Å². The number of unbranched alkanes of at least 4 members (excludes halogenated alkanes) is 1. The molecule has 1 unspecified atom stereocenters. The molecule has 1 atom stereocenters. The van der Waals surface area contributed by atoms with Gasteiger partial charge in [0.15, 0.2) is 0 Å². The van der Waals surface area contributed by atoms with Gasteiger partial charge < -0.3 is 37.2 Å². The van der Waals surface area contributed by atoms with Gasteiger partial charge in [-0.1, -0.05) is 0 Å². The molecule has 0 spiro atoms. The molecule has 0 N–H and O–H groups in total. The smallest absolute Gasteiger partial charge is 1.00 e. The molecule has 0 radical (unpaired) electrons. The SMILES string of the molecule is CCCCC12CC=CC(C)=C1C1=C(C)C2=[C]([Ti+3])C1.[Cl-].[Cl-].[Cl-]. The molecule has 0 aromatic heterocycles. The van der Waals surface area contributed by atoms with Crippen LogP contribution in [0.4, 0.5) is 0 Å². The Morgan fingerprint density at radius 2 is 1.81 bits per heavy atom.